The Morgan fingerprint density at radius 1 is 1.16 bits per heavy atom. The van der Waals surface area contributed by atoms with Gasteiger partial charge in [0.1, 0.15) is 0 Å². The molecule has 0 atom stereocenters. The molecule has 0 unspecified atom stereocenters. The zero-order chi connectivity index (χ0) is 14.3. The molecule has 1 aliphatic carbocycles. The second kappa shape index (κ2) is 13.9. The third-order valence-corrected chi connectivity index (χ3v) is 6.59. The number of carbonyl (C=O) groups excluding carboxylic acids is 1. The van der Waals surface area contributed by atoms with Crippen LogP contribution < -0.4 is 5.48 Å². The maximum Gasteiger partial charge on any atom is 0.187 e. The van der Waals surface area contributed by atoms with Gasteiger partial charge in [-0.25, -0.2) is 0 Å². The van der Waals surface area contributed by atoms with Crippen molar-refractivity contribution in [1.82, 2.24) is 5.48 Å². The summed E-state index contributed by atoms with van der Waals surface area (Å²) in [6.07, 6.45) is 13.5. The van der Waals surface area contributed by atoms with Gasteiger partial charge in [-0.1, -0.05) is 12.2 Å². The minimum absolute atomic E-state index is 0.107. The van der Waals surface area contributed by atoms with Gasteiger partial charge in [-0.3, -0.25) is 15.5 Å². The minimum atomic E-state index is -0.107. The number of unbranched alkanes of at least 4 members (excludes halogenated alkanes) is 2. The number of hydrogen-bond acceptors (Lipinski definition) is 3. The van der Waals surface area contributed by atoms with Crippen molar-refractivity contribution in [3.63, 3.8) is 0 Å². The van der Waals surface area contributed by atoms with Crippen LogP contribution in [0.25, 0.3) is 0 Å². The topological polar surface area (TPSA) is 49.3 Å². The summed E-state index contributed by atoms with van der Waals surface area (Å²) in [7, 11) is 0. The first-order chi connectivity index (χ1) is 9.26. The molecule has 19 heavy (non-hydrogen) atoms. The maximum atomic E-state index is 10.8. The van der Waals surface area contributed by atoms with Gasteiger partial charge in [0.2, 0.25) is 0 Å². The first-order valence-corrected chi connectivity index (χ1v) is 11.0. The van der Waals surface area contributed by atoms with Crippen LogP contribution in [0.4, 0.5) is 0 Å². The Balaban J connectivity index is 0.000000344. The van der Waals surface area contributed by atoms with Gasteiger partial charge in [0, 0.05) is 11.8 Å². The molecule has 0 bridgehead atoms. The summed E-state index contributed by atoms with van der Waals surface area (Å²) >= 11 is 0.149. The van der Waals surface area contributed by atoms with Crippen LogP contribution >= 0.6 is 0 Å². The summed E-state index contributed by atoms with van der Waals surface area (Å²) in [4.78, 5) is 10.8. The Morgan fingerprint density at radius 2 is 1.74 bits per heavy atom. The van der Waals surface area contributed by atoms with Crippen molar-refractivity contribution in [2.75, 3.05) is 0 Å². The Hall–Kier alpha value is -0.551. The van der Waals surface area contributed by atoms with Crippen molar-refractivity contribution in [2.45, 2.75) is 48.4 Å². The number of ketones is 1. The predicted molar refractivity (Wildman–Crippen MR) is 81.5 cm³/mol. The molecule has 2 N–H and O–H groups in total. The van der Waals surface area contributed by atoms with E-state index >= 15 is 0 Å². The van der Waals surface area contributed by atoms with Crippen molar-refractivity contribution in [3.05, 3.63) is 36.1 Å². The van der Waals surface area contributed by atoms with Crippen LogP contribution in [-0.4, -0.2) is 32.1 Å². The van der Waals surface area contributed by atoms with Gasteiger partial charge in [0.05, 0.1) is 0 Å². The molecule has 1 aliphatic rings. The van der Waals surface area contributed by atoms with Crippen molar-refractivity contribution in [1.29, 1.82) is 0 Å². The second-order valence-electron chi connectivity index (χ2n) is 4.27. The third-order valence-electron chi connectivity index (χ3n) is 2.55. The molecule has 0 aromatic heterocycles. The zero-order valence-corrected chi connectivity index (χ0v) is 14.8. The summed E-state index contributed by atoms with van der Waals surface area (Å²) in [5, 5.41) is 8.20. The largest absolute Gasteiger partial charge is 0.292 e. The molecule has 2 radical (unpaired) electrons. The molecule has 4 heteroatoms. The van der Waals surface area contributed by atoms with Gasteiger partial charge in [-0.2, -0.15) is 0 Å². The molecule has 0 heterocycles. The fourth-order valence-electron chi connectivity index (χ4n) is 1.40. The van der Waals surface area contributed by atoms with Gasteiger partial charge >= 0.3 is 69.5 Å². The molecular formula is C15H25NO2Sn. The van der Waals surface area contributed by atoms with Crippen LogP contribution in [0.15, 0.2) is 36.1 Å². The fourth-order valence-corrected chi connectivity index (χ4v) is 5.56. The molecule has 0 saturated carbocycles. The molecule has 0 spiro atoms. The van der Waals surface area contributed by atoms with E-state index in [2.05, 4.69) is 13.8 Å². The van der Waals surface area contributed by atoms with E-state index in [-0.39, 0.29) is 26.9 Å². The van der Waals surface area contributed by atoms with Gasteiger partial charge < -0.3 is 0 Å². The van der Waals surface area contributed by atoms with E-state index in [4.69, 9.17) is 5.21 Å². The number of allylic oxidation sites excluding steroid dienone is 5. The van der Waals surface area contributed by atoms with Crippen LogP contribution in [0.5, 0.6) is 0 Å². The summed E-state index contributed by atoms with van der Waals surface area (Å²) in [5.74, 6) is -0.107. The molecule has 0 amide bonds. The van der Waals surface area contributed by atoms with E-state index in [1.807, 2.05) is 0 Å². The van der Waals surface area contributed by atoms with Crippen LogP contribution in [0.3, 0.4) is 0 Å². The van der Waals surface area contributed by atoms with Crippen LogP contribution in [0.1, 0.15) is 39.5 Å². The molecule has 0 aromatic carbocycles. The SMILES string of the molecule is CCC[CH2][Sn][CH2]CCC.O=C1C=CC=C/C1=C/NO. The Bertz CT molecular complexity index is 316. The Kier molecular flexibility index (Phi) is 13.5. The molecule has 3 nitrogen and oxygen atoms in total. The fraction of sp³-hybridized carbons (Fsp3) is 0.533. The smallest absolute Gasteiger partial charge is 0.187 e. The standard InChI is InChI=1S/C7H7NO2.2C4H9.Sn/c9-7-4-2-1-3-6(7)5-8-10;2*1-3-4-2;/h1-5,8,10H;2*1,3-4H2,2H3;/b6-5-;;;. The average molecular weight is 370 g/mol. The number of carbonyl (C=O) groups is 1. The average Bonchev–Trinajstić information content (AvgIpc) is 2.42. The van der Waals surface area contributed by atoms with Gasteiger partial charge in [-0.05, 0) is 12.2 Å². The minimum Gasteiger partial charge on any atom is -0.292 e. The van der Waals surface area contributed by atoms with Crippen molar-refractivity contribution < 1.29 is 10.0 Å². The molecule has 1 rings (SSSR count). The number of nitrogens with one attached hydrogen (secondary N) is 1. The van der Waals surface area contributed by atoms with E-state index in [9.17, 15) is 4.79 Å². The van der Waals surface area contributed by atoms with Crippen LogP contribution in [0.2, 0.25) is 8.87 Å². The number of hydrogen-bond donors (Lipinski definition) is 2. The molecule has 0 aliphatic heterocycles. The number of rotatable bonds is 7. The first-order valence-electron chi connectivity index (χ1n) is 6.95. The van der Waals surface area contributed by atoms with Crippen LogP contribution in [-0.2, 0) is 4.79 Å². The first kappa shape index (κ1) is 18.4. The monoisotopic (exact) mass is 371 g/mol. The van der Waals surface area contributed by atoms with Crippen LogP contribution in [0, 0.1) is 0 Å². The Labute approximate surface area is 127 Å². The normalized spacial score (nSPS) is 15.3. The van der Waals surface area contributed by atoms with E-state index in [1.54, 1.807) is 32.6 Å². The van der Waals surface area contributed by atoms with E-state index in [0.29, 0.717) is 5.57 Å². The molecule has 0 aromatic rings. The molecule has 0 saturated heterocycles. The number of hydroxylamine groups is 1. The van der Waals surface area contributed by atoms with E-state index in [1.165, 1.54) is 38.0 Å². The van der Waals surface area contributed by atoms with Crippen molar-refractivity contribution >= 4 is 26.9 Å². The second-order valence-corrected chi connectivity index (χ2v) is 8.55. The summed E-state index contributed by atoms with van der Waals surface area (Å²) < 4.78 is 3.25. The van der Waals surface area contributed by atoms with Crippen molar-refractivity contribution in [3.8, 4) is 0 Å². The van der Waals surface area contributed by atoms with E-state index in [0.717, 1.165) is 0 Å². The molecule has 0 fully saturated rings. The predicted octanol–water partition coefficient (Wildman–Crippen LogP) is 3.67. The zero-order valence-electron chi connectivity index (χ0n) is 12.0. The summed E-state index contributed by atoms with van der Waals surface area (Å²) in [6, 6.07) is 0. The molecule has 106 valence electrons. The molecular weight excluding hydrogens is 345 g/mol. The van der Waals surface area contributed by atoms with E-state index < -0.39 is 0 Å². The third kappa shape index (κ3) is 11.0. The quantitative estimate of drug-likeness (QED) is 0.311. The van der Waals surface area contributed by atoms with Gasteiger partial charge in [0.25, 0.3) is 0 Å². The summed E-state index contributed by atoms with van der Waals surface area (Å²) in [5.41, 5.74) is 2.25. The van der Waals surface area contributed by atoms with Gasteiger partial charge in [-0.15, -0.1) is 0 Å². The maximum absolute atomic E-state index is 10.8. The Morgan fingerprint density at radius 3 is 2.21 bits per heavy atom. The summed E-state index contributed by atoms with van der Waals surface area (Å²) in [6.45, 7) is 4.58. The van der Waals surface area contributed by atoms with Gasteiger partial charge in [0.15, 0.2) is 5.78 Å². The van der Waals surface area contributed by atoms with Crippen molar-refractivity contribution in [2.24, 2.45) is 0 Å².